The highest BCUT2D eigenvalue weighted by atomic mass is 16.5. The van der Waals surface area contributed by atoms with E-state index in [1.165, 1.54) is 55.2 Å². The highest BCUT2D eigenvalue weighted by molar-refractivity contribution is 5.64. The summed E-state index contributed by atoms with van der Waals surface area (Å²) in [6.07, 6.45) is 19.7. The second kappa shape index (κ2) is 14.8. The fourth-order valence-corrected chi connectivity index (χ4v) is 4.59. The fourth-order valence-electron chi connectivity index (χ4n) is 4.59. The average Bonchev–Trinajstić information content (AvgIpc) is 2.87. The molecule has 0 N–H and O–H groups in total. The molecule has 0 heterocycles. The Balaban J connectivity index is 1.42. The molecule has 0 amide bonds. The molecule has 1 aliphatic carbocycles. The number of rotatable bonds is 13. The Hall–Kier alpha value is -2.32. The van der Waals surface area contributed by atoms with E-state index in [4.69, 9.17) is 9.47 Å². The minimum atomic E-state index is 0.410. The first-order valence-electron chi connectivity index (χ1n) is 13.0. The van der Waals surface area contributed by atoms with Gasteiger partial charge in [0.15, 0.2) is 0 Å². The minimum Gasteiger partial charge on any atom is -0.494 e. The van der Waals surface area contributed by atoms with E-state index in [9.17, 15) is 0 Å². The van der Waals surface area contributed by atoms with Crippen LogP contribution in [0.15, 0.2) is 72.8 Å². The maximum Gasteiger partial charge on any atom is 0.119 e. The third kappa shape index (κ3) is 8.85. The quantitative estimate of drug-likeness (QED) is 0.226. The third-order valence-corrected chi connectivity index (χ3v) is 6.63. The summed E-state index contributed by atoms with van der Waals surface area (Å²) in [4.78, 5) is 0. The topological polar surface area (TPSA) is 18.5 Å². The molecule has 2 heteroatoms. The molecule has 2 aromatic carbocycles. The molecule has 0 saturated heterocycles. The molecule has 33 heavy (non-hydrogen) atoms. The van der Waals surface area contributed by atoms with Crippen LogP contribution in [-0.2, 0) is 4.74 Å². The summed E-state index contributed by atoms with van der Waals surface area (Å²) in [5, 5.41) is 0. The van der Waals surface area contributed by atoms with Gasteiger partial charge >= 0.3 is 0 Å². The van der Waals surface area contributed by atoms with E-state index >= 15 is 0 Å². The first-order chi connectivity index (χ1) is 16.3. The van der Waals surface area contributed by atoms with Crippen LogP contribution < -0.4 is 4.74 Å². The summed E-state index contributed by atoms with van der Waals surface area (Å²) >= 11 is 0. The lowest BCUT2D eigenvalue weighted by Crippen LogP contribution is -2.20. The minimum absolute atomic E-state index is 0.410. The normalized spacial score (nSPS) is 18.8. The largest absolute Gasteiger partial charge is 0.494 e. The van der Waals surface area contributed by atoms with Crippen molar-refractivity contribution >= 4 is 0 Å². The highest BCUT2D eigenvalue weighted by Crippen LogP contribution is 2.35. The van der Waals surface area contributed by atoms with Crippen molar-refractivity contribution in [3.63, 3.8) is 0 Å². The van der Waals surface area contributed by atoms with Crippen molar-refractivity contribution in [3.8, 4) is 16.9 Å². The van der Waals surface area contributed by atoms with Crippen LogP contribution in [0.25, 0.3) is 11.1 Å². The molecule has 0 aliphatic heterocycles. The lowest BCUT2D eigenvalue weighted by molar-refractivity contribution is 0.0422. The molecule has 178 valence electrons. The van der Waals surface area contributed by atoms with Crippen LogP contribution in [0, 0.1) is 0 Å². The maximum absolute atomic E-state index is 6.02. The van der Waals surface area contributed by atoms with E-state index < -0.39 is 0 Å². The van der Waals surface area contributed by atoms with Crippen molar-refractivity contribution in [3.05, 3.63) is 78.4 Å². The van der Waals surface area contributed by atoms with Crippen molar-refractivity contribution in [2.75, 3.05) is 13.2 Å². The first kappa shape index (κ1) is 25.3. The zero-order valence-corrected chi connectivity index (χ0v) is 20.7. The van der Waals surface area contributed by atoms with Gasteiger partial charge in [0.05, 0.1) is 19.3 Å². The standard InChI is InChI=1S/C31H42O2/c1-3-5-7-9-11-25-33-31-22-18-29(19-23-31)27-14-12-26(13-15-27)28-16-20-30(21-17-28)32-24-10-8-6-4-2/h4,6,8,10,12-15,18-19,22-23,28,30H,3,5,7,9,11,16-17,20-21,24-25H2,1-2H3/b6-4+,10-8+. The Morgan fingerprint density at radius 2 is 1.45 bits per heavy atom. The SMILES string of the molecule is C/C=C/C=C/COC1CCC(c2ccc(-c3ccc(OCCCCCCC)cc3)cc2)CC1. The van der Waals surface area contributed by atoms with Crippen LogP contribution in [0.4, 0.5) is 0 Å². The number of benzene rings is 2. The highest BCUT2D eigenvalue weighted by Gasteiger charge is 2.22. The van der Waals surface area contributed by atoms with E-state index in [1.54, 1.807) is 0 Å². The predicted octanol–water partition coefficient (Wildman–Crippen LogP) is 8.88. The molecule has 0 radical (unpaired) electrons. The molecule has 0 atom stereocenters. The molecular formula is C31H42O2. The summed E-state index contributed by atoms with van der Waals surface area (Å²) in [5.74, 6) is 1.63. The van der Waals surface area contributed by atoms with Crippen LogP contribution >= 0.6 is 0 Å². The zero-order chi connectivity index (χ0) is 23.1. The Kier molecular flexibility index (Phi) is 11.3. The van der Waals surface area contributed by atoms with Crippen LogP contribution in [-0.4, -0.2) is 19.3 Å². The van der Waals surface area contributed by atoms with Gasteiger partial charge in [0, 0.05) is 0 Å². The molecule has 1 aliphatic rings. The zero-order valence-electron chi connectivity index (χ0n) is 20.7. The van der Waals surface area contributed by atoms with E-state index in [1.807, 2.05) is 19.1 Å². The van der Waals surface area contributed by atoms with E-state index in [2.05, 4.69) is 67.6 Å². The van der Waals surface area contributed by atoms with Gasteiger partial charge in [-0.1, -0.05) is 93.3 Å². The molecule has 2 aromatic rings. The van der Waals surface area contributed by atoms with Gasteiger partial charge in [-0.2, -0.15) is 0 Å². The first-order valence-corrected chi connectivity index (χ1v) is 13.0. The number of allylic oxidation sites excluding steroid dienone is 3. The molecule has 1 saturated carbocycles. The van der Waals surface area contributed by atoms with Crippen molar-refractivity contribution in [2.45, 2.75) is 83.7 Å². The number of hydrogen-bond acceptors (Lipinski definition) is 2. The van der Waals surface area contributed by atoms with Crippen LogP contribution in [0.3, 0.4) is 0 Å². The summed E-state index contributed by atoms with van der Waals surface area (Å²) in [5.41, 5.74) is 3.99. The Bertz CT molecular complexity index is 824. The van der Waals surface area contributed by atoms with Gasteiger partial charge in [0.25, 0.3) is 0 Å². The van der Waals surface area contributed by atoms with Crippen molar-refractivity contribution in [1.82, 2.24) is 0 Å². The number of ether oxygens (including phenoxy) is 2. The monoisotopic (exact) mass is 446 g/mol. The molecule has 0 unspecified atom stereocenters. The van der Waals surface area contributed by atoms with Gasteiger partial charge in [-0.3, -0.25) is 0 Å². The lowest BCUT2D eigenvalue weighted by Gasteiger charge is -2.28. The van der Waals surface area contributed by atoms with Crippen LogP contribution in [0.1, 0.15) is 83.1 Å². The van der Waals surface area contributed by atoms with E-state index in [0.29, 0.717) is 12.0 Å². The molecule has 0 spiro atoms. The van der Waals surface area contributed by atoms with Crippen LogP contribution in [0.5, 0.6) is 5.75 Å². The molecule has 1 fully saturated rings. The fraction of sp³-hybridized carbons (Fsp3) is 0.484. The van der Waals surface area contributed by atoms with E-state index in [-0.39, 0.29) is 0 Å². The van der Waals surface area contributed by atoms with Crippen molar-refractivity contribution in [2.24, 2.45) is 0 Å². The molecule has 2 nitrogen and oxygen atoms in total. The molecule has 3 rings (SSSR count). The Morgan fingerprint density at radius 3 is 2.12 bits per heavy atom. The van der Waals surface area contributed by atoms with Gasteiger partial charge in [0.1, 0.15) is 5.75 Å². The molecule has 0 bridgehead atoms. The second-order valence-electron chi connectivity index (χ2n) is 9.17. The summed E-state index contributed by atoms with van der Waals surface area (Å²) < 4.78 is 11.9. The van der Waals surface area contributed by atoms with Crippen molar-refractivity contribution in [1.29, 1.82) is 0 Å². The van der Waals surface area contributed by atoms with Crippen LogP contribution in [0.2, 0.25) is 0 Å². The smallest absolute Gasteiger partial charge is 0.119 e. The Morgan fingerprint density at radius 1 is 0.788 bits per heavy atom. The van der Waals surface area contributed by atoms with Gasteiger partial charge in [-0.05, 0) is 73.8 Å². The summed E-state index contributed by atoms with van der Waals surface area (Å²) in [7, 11) is 0. The Labute approximate surface area is 201 Å². The molecule has 0 aromatic heterocycles. The van der Waals surface area contributed by atoms with Gasteiger partial charge in [-0.25, -0.2) is 0 Å². The third-order valence-electron chi connectivity index (χ3n) is 6.63. The summed E-state index contributed by atoms with van der Waals surface area (Å²) in [6.45, 7) is 5.82. The number of hydrogen-bond donors (Lipinski definition) is 0. The van der Waals surface area contributed by atoms with Gasteiger partial charge in [-0.15, -0.1) is 0 Å². The lowest BCUT2D eigenvalue weighted by atomic mass is 9.82. The van der Waals surface area contributed by atoms with Gasteiger partial charge in [0.2, 0.25) is 0 Å². The van der Waals surface area contributed by atoms with E-state index in [0.717, 1.165) is 38.2 Å². The van der Waals surface area contributed by atoms with Crippen molar-refractivity contribution < 1.29 is 9.47 Å². The maximum atomic E-state index is 6.02. The van der Waals surface area contributed by atoms with Gasteiger partial charge < -0.3 is 9.47 Å². The number of unbranched alkanes of at least 4 members (excludes halogenated alkanes) is 4. The summed E-state index contributed by atoms with van der Waals surface area (Å²) in [6, 6.07) is 17.7. The average molecular weight is 447 g/mol. The molecular weight excluding hydrogens is 404 g/mol. The predicted molar refractivity (Wildman–Crippen MR) is 141 cm³/mol. The second-order valence-corrected chi connectivity index (χ2v) is 9.17.